The Morgan fingerprint density at radius 3 is 2.52 bits per heavy atom. The second-order valence-electron chi connectivity index (χ2n) is 5.54. The number of anilines is 1. The Morgan fingerprint density at radius 2 is 1.80 bits per heavy atom. The fraction of sp³-hybridized carbons (Fsp3) is 0.235. The number of fused-ring (bicyclic) bond motifs is 1. The molecule has 2 aromatic rings. The van der Waals surface area contributed by atoms with Crippen LogP contribution in [0.25, 0.3) is 0 Å². The molecule has 1 aliphatic heterocycles. The number of methoxy groups -OCH3 is 2. The minimum atomic E-state index is -3.37. The van der Waals surface area contributed by atoms with Crippen molar-refractivity contribution >= 4 is 21.6 Å². The van der Waals surface area contributed by atoms with Crippen molar-refractivity contribution in [3.8, 4) is 11.5 Å². The van der Waals surface area contributed by atoms with Gasteiger partial charge in [0.1, 0.15) is 0 Å². The molecule has 8 heteroatoms. The average molecular weight is 362 g/mol. The molecule has 0 spiro atoms. The number of urea groups is 1. The van der Waals surface area contributed by atoms with Crippen LogP contribution in [0.5, 0.6) is 11.5 Å². The smallest absolute Gasteiger partial charge is 0.319 e. The zero-order chi connectivity index (χ0) is 18.0. The number of amides is 2. The molecule has 0 radical (unpaired) electrons. The second-order valence-corrected chi connectivity index (χ2v) is 7.54. The van der Waals surface area contributed by atoms with Crippen LogP contribution in [-0.4, -0.2) is 34.4 Å². The summed E-state index contributed by atoms with van der Waals surface area (Å²) >= 11 is 0. The van der Waals surface area contributed by atoms with Gasteiger partial charge in [0.05, 0.1) is 30.9 Å². The minimum Gasteiger partial charge on any atom is -0.493 e. The van der Waals surface area contributed by atoms with Crippen LogP contribution in [-0.2, 0) is 9.84 Å². The first kappa shape index (κ1) is 17.1. The van der Waals surface area contributed by atoms with Gasteiger partial charge in [-0.3, -0.25) is 0 Å². The number of carbonyl (C=O) groups excluding carboxylic acids is 1. The summed E-state index contributed by atoms with van der Waals surface area (Å²) < 4.78 is 34.6. The Kier molecular flexibility index (Phi) is 4.54. The third-order valence-electron chi connectivity index (χ3n) is 3.96. The Labute approximate surface area is 145 Å². The number of sulfone groups is 1. The molecule has 132 valence electrons. The molecular weight excluding hydrogens is 344 g/mol. The number of hydrogen-bond donors (Lipinski definition) is 2. The molecular formula is C17H18N2O5S. The van der Waals surface area contributed by atoms with Gasteiger partial charge in [-0.15, -0.1) is 0 Å². The first-order chi connectivity index (χ1) is 11.9. The Balaban J connectivity index is 1.74. The highest BCUT2D eigenvalue weighted by molar-refractivity contribution is 7.91. The molecule has 25 heavy (non-hydrogen) atoms. The van der Waals surface area contributed by atoms with E-state index in [9.17, 15) is 13.2 Å². The number of benzene rings is 2. The van der Waals surface area contributed by atoms with Gasteiger partial charge in [0.25, 0.3) is 0 Å². The molecule has 3 rings (SSSR count). The van der Waals surface area contributed by atoms with Gasteiger partial charge in [0, 0.05) is 11.8 Å². The monoisotopic (exact) mass is 362 g/mol. The van der Waals surface area contributed by atoms with E-state index in [2.05, 4.69) is 10.6 Å². The molecule has 0 bridgehead atoms. The van der Waals surface area contributed by atoms with E-state index in [1.54, 1.807) is 42.5 Å². The molecule has 1 aliphatic rings. The number of hydrogen-bond acceptors (Lipinski definition) is 5. The predicted octanol–water partition coefficient (Wildman–Crippen LogP) is 2.35. The normalized spacial score (nSPS) is 17.4. The summed E-state index contributed by atoms with van der Waals surface area (Å²) in [4.78, 5) is 12.5. The Bertz CT molecular complexity index is 911. The predicted molar refractivity (Wildman–Crippen MR) is 92.9 cm³/mol. The lowest BCUT2D eigenvalue weighted by atomic mass is 10.1. The van der Waals surface area contributed by atoms with Crippen LogP contribution in [0.15, 0.2) is 47.4 Å². The summed E-state index contributed by atoms with van der Waals surface area (Å²) in [6.45, 7) is 0. The number of ether oxygens (including phenoxy) is 2. The van der Waals surface area contributed by atoms with Crippen molar-refractivity contribution in [2.75, 3.05) is 25.3 Å². The van der Waals surface area contributed by atoms with Crippen LogP contribution in [0.4, 0.5) is 10.5 Å². The van der Waals surface area contributed by atoms with E-state index in [1.807, 2.05) is 0 Å². The standard InChI is InChI=1S/C17H18N2O5S/c1-23-14-8-7-11(9-15(14)24-2)18-17(20)19-13-10-25(21,22)16-6-4-3-5-12(13)16/h3-9,13H,10H2,1-2H3,(H2,18,19,20). The quantitative estimate of drug-likeness (QED) is 0.871. The summed E-state index contributed by atoms with van der Waals surface area (Å²) in [6, 6.07) is 10.6. The van der Waals surface area contributed by atoms with Crippen LogP contribution in [0.2, 0.25) is 0 Å². The van der Waals surface area contributed by atoms with Crippen LogP contribution < -0.4 is 20.1 Å². The van der Waals surface area contributed by atoms with Crippen molar-refractivity contribution in [3.63, 3.8) is 0 Å². The van der Waals surface area contributed by atoms with Gasteiger partial charge in [0.2, 0.25) is 0 Å². The van der Waals surface area contributed by atoms with Gasteiger partial charge in [0.15, 0.2) is 21.3 Å². The Hall–Kier alpha value is -2.74. The lowest BCUT2D eigenvalue weighted by Crippen LogP contribution is -2.33. The molecule has 1 heterocycles. The van der Waals surface area contributed by atoms with Crippen LogP contribution in [0.1, 0.15) is 11.6 Å². The molecule has 0 saturated heterocycles. The summed E-state index contributed by atoms with van der Waals surface area (Å²) in [5.74, 6) is 0.879. The van der Waals surface area contributed by atoms with Gasteiger partial charge in [-0.05, 0) is 23.8 Å². The molecule has 7 nitrogen and oxygen atoms in total. The SMILES string of the molecule is COc1ccc(NC(=O)NC2CS(=O)(=O)c3ccccc32)cc1OC. The fourth-order valence-electron chi connectivity index (χ4n) is 2.81. The Morgan fingerprint density at radius 1 is 1.08 bits per heavy atom. The topological polar surface area (TPSA) is 93.7 Å². The number of nitrogens with one attached hydrogen (secondary N) is 2. The first-order valence-electron chi connectivity index (χ1n) is 7.56. The molecule has 0 saturated carbocycles. The zero-order valence-corrected chi connectivity index (χ0v) is 14.6. The van der Waals surface area contributed by atoms with E-state index in [-0.39, 0.29) is 10.6 Å². The summed E-state index contributed by atoms with van der Waals surface area (Å²) in [5.41, 5.74) is 1.11. The maximum absolute atomic E-state index is 12.3. The van der Waals surface area contributed by atoms with Crippen molar-refractivity contribution in [2.45, 2.75) is 10.9 Å². The zero-order valence-electron chi connectivity index (χ0n) is 13.8. The van der Waals surface area contributed by atoms with Crippen molar-refractivity contribution < 1.29 is 22.7 Å². The summed E-state index contributed by atoms with van der Waals surface area (Å²) in [5, 5.41) is 5.38. The van der Waals surface area contributed by atoms with Gasteiger partial charge in [-0.1, -0.05) is 18.2 Å². The van der Waals surface area contributed by atoms with E-state index < -0.39 is 21.9 Å². The van der Waals surface area contributed by atoms with Crippen molar-refractivity contribution in [1.29, 1.82) is 0 Å². The maximum atomic E-state index is 12.3. The van der Waals surface area contributed by atoms with E-state index in [1.165, 1.54) is 14.2 Å². The average Bonchev–Trinajstić information content (AvgIpc) is 2.85. The minimum absolute atomic E-state index is 0.147. The van der Waals surface area contributed by atoms with Gasteiger partial charge in [-0.2, -0.15) is 0 Å². The molecule has 0 aromatic heterocycles. The van der Waals surface area contributed by atoms with E-state index in [4.69, 9.17) is 9.47 Å². The third-order valence-corrected chi connectivity index (χ3v) is 5.78. The lowest BCUT2D eigenvalue weighted by Gasteiger charge is -2.15. The highest BCUT2D eigenvalue weighted by Crippen LogP contribution is 2.33. The molecule has 0 fully saturated rings. The molecule has 2 amide bonds. The molecule has 2 aromatic carbocycles. The molecule has 0 aliphatic carbocycles. The van der Waals surface area contributed by atoms with Crippen LogP contribution >= 0.6 is 0 Å². The summed E-state index contributed by atoms with van der Waals surface area (Å²) in [6.07, 6.45) is 0. The lowest BCUT2D eigenvalue weighted by molar-refractivity contribution is 0.249. The maximum Gasteiger partial charge on any atom is 0.319 e. The summed E-state index contributed by atoms with van der Waals surface area (Å²) in [7, 11) is -0.346. The number of carbonyl (C=O) groups is 1. The van der Waals surface area contributed by atoms with Crippen LogP contribution in [0.3, 0.4) is 0 Å². The highest BCUT2D eigenvalue weighted by atomic mass is 32.2. The van der Waals surface area contributed by atoms with Crippen LogP contribution in [0, 0.1) is 0 Å². The van der Waals surface area contributed by atoms with Gasteiger partial charge >= 0.3 is 6.03 Å². The first-order valence-corrected chi connectivity index (χ1v) is 9.21. The fourth-order valence-corrected chi connectivity index (χ4v) is 4.55. The third kappa shape index (κ3) is 3.39. The number of rotatable bonds is 4. The van der Waals surface area contributed by atoms with Crippen molar-refractivity contribution in [3.05, 3.63) is 48.0 Å². The molecule has 2 N–H and O–H groups in total. The van der Waals surface area contributed by atoms with E-state index in [0.29, 0.717) is 22.7 Å². The molecule has 1 unspecified atom stereocenters. The second kappa shape index (κ2) is 6.64. The largest absolute Gasteiger partial charge is 0.493 e. The van der Waals surface area contributed by atoms with E-state index in [0.717, 1.165) is 0 Å². The van der Waals surface area contributed by atoms with Gasteiger partial charge in [-0.25, -0.2) is 13.2 Å². The van der Waals surface area contributed by atoms with Crippen molar-refractivity contribution in [1.82, 2.24) is 5.32 Å². The molecule has 1 atom stereocenters. The van der Waals surface area contributed by atoms with Crippen molar-refractivity contribution in [2.24, 2.45) is 0 Å². The van der Waals surface area contributed by atoms with E-state index >= 15 is 0 Å². The highest BCUT2D eigenvalue weighted by Gasteiger charge is 2.35. The van der Waals surface area contributed by atoms with Gasteiger partial charge < -0.3 is 20.1 Å².